The highest BCUT2D eigenvalue weighted by atomic mass is 79.9. The largest absolute Gasteiger partial charge is 0.336 e. The molecule has 1 aromatic heterocycles. The van der Waals surface area contributed by atoms with E-state index in [4.69, 9.17) is 0 Å². The maximum Gasteiger partial charge on any atom is 0.127 e. The predicted octanol–water partition coefficient (Wildman–Crippen LogP) is 3.54. The maximum atomic E-state index is 4.20. The minimum Gasteiger partial charge on any atom is -0.336 e. The molecule has 0 amide bonds. The van der Waals surface area contributed by atoms with E-state index in [9.17, 15) is 0 Å². The maximum absolute atomic E-state index is 4.20. The van der Waals surface area contributed by atoms with Gasteiger partial charge in [0.2, 0.25) is 0 Å². The summed E-state index contributed by atoms with van der Waals surface area (Å²) < 4.78 is 4.06. The molecule has 2 rings (SSSR count). The molecule has 1 aromatic carbocycles. The van der Waals surface area contributed by atoms with Crippen LogP contribution in [-0.4, -0.2) is 9.55 Å². The smallest absolute Gasteiger partial charge is 0.127 e. The summed E-state index contributed by atoms with van der Waals surface area (Å²) in [4.78, 5) is 4.20. The summed E-state index contributed by atoms with van der Waals surface area (Å²) in [5, 5.41) is 0. The lowest BCUT2D eigenvalue weighted by Crippen LogP contribution is -1.97. The van der Waals surface area contributed by atoms with Gasteiger partial charge in [0.25, 0.3) is 0 Å². The van der Waals surface area contributed by atoms with Gasteiger partial charge in [-0.05, 0) is 33.6 Å². The van der Waals surface area contributed by atoms with Gasteiger partial charge in [-0.2, -0.15) is 0 Å². The number of aryl methyl sites for hydroxylation is 1. The van der Waals surface area contributed by atoms with Gasteiger partial charge >= 0.3 is 0 Å². The number of hydrogen-bond acceptors (Lipinski definition) is 1. The molecular formula is C11H10Br2N2. The molecule has 0 aliphatic carbocycles. The number of halogens is 2. The van der Waals surface area contributed by atoms with Crippen LogP contribution >= 0.6 is 31.9 Å². The third-order valence-corrected chi connectivity index (χ3v) is 3.42. The van der Waals surface area contributed by atoms with Crippen molar-refractivity contribution in [1.29, 1.82) is 0 Å². The Morgan fingerprint density at radius 1 is 1.33 bits per heavy atom. The summed E-state index contributed by atoms with van der Waals surface area (Å²) in [6, 6.07) is 8.31. The van der Waals surface area contributed by atoms with Crippen LogP contribution in [0.5, 0.6) is 0 Å². The van der Waals surface area contributed by atoms with Crippen LogP contribution in [0.2, 0.25) is 0 Å². The van der Waals surface area contributed by atoms with Crippen molar-refractivity contribution in [2.45, 2.75) is 6.42 Å². The quantitative estimate of drug-likeness (QED) is 0.824. The molecule has 15 heavy (non-hydrogen) atoms. The molecule has 0 aliphatic heterocycles. The number of hydrogen-bond donors (Lipinski definition) is 0. The number of aromatic nitrogens is 2. The summed E-state index contributed by atoms with van der Waals surface area (Å²) in [5.41, 5.74) is 2.46. The highest BCUT2D eigenvalue weighted by Crippen LogP contribution is 2.19. The number of imidazole rings is 1. The normalized spacial score (nSPS) is 10.6. The Labute approximate surface area is 106 Å². The fraction of sp³-hybridized carbons (Fsp3) is 0.182. The van der Waals surface area contributed by atoms with Gasteiger partial charge in [-0.1, -0.05) is 28.1 Å². The first-order valence-corrected chi connectivity index (χ1v) is 6.15. The van der Waals surface area contributed by atoms with Crippen LogP contribution in [0.1, 0.15) is 11.3 Å². The number of benzene rings is 1. The predicted molar refractivity (Wildman–Crippen MR) is 67.9 cm³/mol. The minimum absolute atomic E-state index is 0.885. The summed E-state index contributed by atoms with van der Waals surface area (Å²) in [6.45, 7) is 0. The van der Waals surface area contributed by atoms with Gasteiger partial charge in [0.15, 0.2) is 0 Å². The molecule has 0 N–H and O–H groups in total. The van der Waals surface area contributed by atoms with Crippen LogP contribution in [0, 0.1) is 0 Å². The molecule has 1 heterocycles. The second-order valence-electron chi connectivity index (χ2n) is 3.40. The molecule has 0 bridgehead atoms. The Kier molecular flexibility index (Phi) is 3.26. The number of nitrogens with zero attached hydrogens (tertiary/aromatic N) is 2. The van der Waals surface area contributed by atoms with E-state index < -0.39 is 0 Å². The van der Waals surface area contributed by atoms with Crippen LogP contribution in [0.15, 0.2) is 39.7 Å². The first-order chi connectivity index (χ1) is 7.16. The molecule has 2 aromatic rings. The number of rotatable bonds is 2. The van der Waals surface area contributed by atoms with Crippen molar-refractivity contribution in [3.8, 4) is 0 Å². The fourth-order valence-corrected chi connectivity index (χ4v) is 2.42. The molecule has 0 fully saturated rings. The second kappa shape index (κ2) is 4.49. The third kappa shape index (κ3) is 2.49. The standard InChI is InChI=1S/C11H10Br2N2/c1-15-7-14-11(13)10(15)6-8-3-2-4-9(12)5-8/h2-5,7H,6H2,1H3. The van der Waals surface area contributed by atoms with Crippen LogP contribution in [0.4, 0.5) is 0 Å². The summed E-state index contributed by atoms with van der Waals surface area (Å²) in [5.74, 6) is 0. The summed E-state index contributed by atoms with van der Waals surface area (Å²) in [7, 11) is 2.01. The lowest BCUT2D eigenvalue weighted by atomic mass is 10.1. The van der Waals surface area contributed by atoms with Gasteiger partial charge in [0.05, 0.1) is 12.0 Å². The van der Waals surface area contributed by atoms with Crippen molar-refractivity contribution in [2.75, 3.05) is 0 Å². The molecular weight excluding hydrogens is 320 g/mol. The van der Waals surface area contributed by atoms with E-state index in [-0.39, 0.29) is 0 Å². The molecule has 0 unspecified atom stereocenters. The molecule has 4 heteroatoms. The highest BCUT2D eigenvalue weighted by Gasteiger charge is 2.06. The Morgan fingerprint density at radius 3 is 2.73 bits per heavy atom. The van der Waals surface area contributed by atoms with Crippen molar-refractivity contribution in [3.05, 3.63) is 50.9 Å². The first-order valence-electron chi connectivity index (χ1n) is 4.57. The Hall–Kier alpha value is -0.610. The lowest BCUT2D eigenvalue weighted by molar-refractivity contribution is 0.842. The van der Waals surface area contributed by atoms with Crippen LogP contribution in [-0.2, 0) is 13.5 Å². The van der Waals surface area contributed by atoms with E-state index in [1.54, 1.807) is 0 Å². The Morgan fingerprint density at radius 2 is 2.13 bits per heavy atom. The van der Waals surface area contributed by atoms with Crippen molar-refractivity contribution in [2.24, 2.45) is 7.05 Å². The molecule has 0 spiro atoms. The van der Waals surface area contributed by atoms with E-state index in [0.29, 0.717) is 0 Å². The van der Waals surface area contributed by atoms with E-state index in [1.807, 2.05) is 30.1 Å². The van der Waals surface area contributed by atoms with E-state index in [2.05, 4.69) is 49.0 Å². The monoisotopic (exact) mass is 328 g/mol. The Balaban J connectivity index is 2.29. The molecule has 2 nitrogen and oxygen atoms in total. The van der Waals surface area contributed by atoms with Gasteiger partial charge in [0.1, 0.15) is 4.60 Å². The molecule has 0 atom stereocenters. The average Bonchev–Trinajstić information content (AvgIpc) is 2.50. The van der Waals surface area contributed by atoms with Crippen molar-refractivity contribution >= 4 is 31.9 Å². The molecule has 0 saturated carbocycles. The lowest BCUT2D eigenvalue weighted by Gasteiger charge is -2.04. The zero-order valence-electron chi connectivity index (χ0n) is 8.24. The van der Waals surface area contributed by atoms with Crippen LogP contribution < -0.4 is 0 Å². The SMILES string of the molecule is Cn1cnc(Br)c1Cc1cccc(Br)c1. The van der Waals surface area contributed by atoms with Gasteiger partial charge in [0, 0.05) is 17.9 Å². The topological polar surface area (TPSA) is 17.8 Å². The van der Waals surface area contributed by atoms with Gasteiger partial charge < -0.3 is 4.57 Å². The van der Waals surface area contributed by atoms with Crippen molar-refractivity contribution in [1.82, 2.24) is 9.55 Å². The van der Waals surface area contributed by atoms with E-state index >= 15 is 0 Å². The third-order valence-electron chi connectivity index (χ3n) is 2.27. The molecule has 78 valence electrons. The molecule has 0 aliphatic rings. The van der Waals surface area contributed by atoms with Gasteiger partial charge in [-0.3, -0.25) is 0 Å². The average molecular weight is 330 g/mol. The van der Waals surface area contributed by atoms with E-state index in [0.717, 1.165) is 15.5 Å². The summed E-state index contributed by atoms with van der Waals surface area (Å²) >= 11 is 6.92. The first kappa shape index (κ1) is 10.9. The van der Waals surface area contributed by atoms with Gasteiger partial charge in [-0.15, -0.1) is 0 Å². The van der Waals surface area contributed by atoms with Crippen LogP contribution in [0.25, 0.3) is 0 Å². The van der Waals surface area contributed by atoms with Crippen LogP contribution in [0.3, 0.4) is 0 Å². The van der Waals surface area contributed by atoms with Crippen molar-refractivity contribution < 1.29 is 0 Å². The highest BCUT2D eigenvalue weighted by molar-refractivity contribution is 9.10. The van der Waals surface area contributed by atoms with Gasteiger partial charge in [-0.25, -0.2) is 4.98 Å². The van der Waals surface area contributed by atoms with E-state index in [1.165, 1.54) is 11.3 Å². The Bertz CT molecular complexity index is 458. The fourth-order valence-electron chi connectivity index (χ4n) is 1.46. The molecule has 0 radical (unpaired) electrons. The zero-order chi connectivity index (χ0) is 10.8. The second-order valence-corrected chi connectivity index (χ2v) is 5.07. The molecule has 0 saturated heterocycles. The minimum atomic E-state index is 0.885. The summed E-state index contributed by atoms with van der Waals surface area (Å²) in [6.07, 6.45) is 2.70. The van der Waals surface area contributed by atoms with Crippen molar-refractivity contribution in [3.63, 3.8) is 0 Å². The zero-order valence-corrected chi connectivity index (χ0v) is 11.4.